The van der Waals surface area contributed by atoms with Crippen molar-refractivity contribution in [3.05, 3.63) is 11.6 Å². The van der Waals surface area contributed by atoms with Gasteiger partial charge in [-0.05, 0) is 37.0 Å². The fraction of sp³-hybridized carbons (Fsp3) is 0.722. The predicted molar refractivity (Wildman–Crippen MR) is 95.5 cm³/mol. The molecular formula is C18H30O5Si. The van der Waals surface area contributed by atoms with Crippen LogP contribution in [-0.2, 0) is 18.8 Å². The number of carbonyl (C=O) groups excluding carboxylic acids is 2. The van der Waals surface area contributed by atoms with Crippen molar-refractivity contribution in [3.63, 3.8) is 0 Å². The molecule has 0 spiro atoms. The summed E-state index contributed by atoms with van der Waals surface area (Å²) in [6.45, 7) is 10.8. The average molecular weight is 355 g/mol. The van der Waals surface area contributed by atoms with Crippen molar-refractivity contribution in [2.24, 2.45) is 0 Å². The summed E-state index contributed by atoms with van der Waals surface area (Å²) in [5.74, 6) is -0.854. The molecule has 0 radical (unpaired) electrons. The van der Waals surface area contributed by atoms with Crippen molar-refractivity contribution in [2.75, 3.05) is 0 Å². The minimum absolute atomic E-state index is 0.00223. The molecule has 1 aliphatic carbocycles. The number of carboxylic acids is 1. The minimum atomic E-state index is -1.94. The Balaban J connectivity index is 2.52. The molecule has 0 aliphatic heterocycles. The van der Waals surface area contributed by atoms with Crippen LogP contribution in [0.5, 0.6) is 0 Å². The van der Waals surface area contributed by atoms with Crippen LogP contribution >= 0.6 is 0 Å². The fourth-order valence-corrected chi connectivity index (χ4v) is 3.64. The molecule has 1 atom stereocenters. The van der Waals surface area contributed by atoms with Gasteiger partial charge >= 0.3 is 5.97 Å². The van der Waals surface area contributed by atoms with Gasteiger partial charge in [0.15, 0.2) is 14.1 Å². The summed E-state index contributed by atoms with van der Waals surface area (Å²) in [6, 6.07) is 0. The number of carboxylic acid groups (broad SMARTS) is 1. The number of aliphatic carboxylic acids is 1. The second-order valence-electron chi connectivity index (χ2n) is 8.05. The van der Waals surface area contributed by atoms with E-state index in [1.807, 2.05) is 6.08 Å². The van der Waals surface area contributed by atoms with Gasteiger partial charge < -0.3 is 9.53 Å². The number of Topliss-reactive ketones (excluding diaryl/α,β-unsaturated/α-hetero) is 2. The van der Waals surface area contributed by atoms with Gasteiger partial charge in [0.05, 0.1) is 6.10 Å². The highest BCUT2D eigenvalue weighted by molar-refractivity contribution is 6.74. The lowest BCUT2D eigenvalue weighted by atomic mass is 10.0. The van der Waals surface area contributed by atoms with E-state index in [0.717, 1.165) is 0 Å². The van der Waals surface area contributed by atoms with Crippen LogP contribution in [-0.4, -0.2) is 37.1 Å². The van der Waals surface area contributed by atoms with Crippen LogP contribution in [0, 0.1) is 0 Å². The lowest BCUT2D eigenvalue weighted by Gasteiger charge is -2.37. The maximum atomic E-state index is 12.1. The van der Waals surface area contributed by atoms with Gasteiger partial charge in [-0.1, -0.05) is 20.8 Å². The summed E-state index contributed by atoms with van der Waals surface area (Å²) in [5, 5.41) is 8.65. The van der Waals surface area contributed by atoms with Gasteiger partial charge in [-0.2, -0.15) is 0 Å². The largest absolute Gasteiger partial charge is 0.481 e. The number of hydrogen-bond donors (Lipinski definition) is 1. The Morgan fingerprint density at radius 2 is 1.83 bits per heavy atom. The van der Waals surface area contributed by atoms with Crippen LogP contribution in [0.4, 0.5) is 0 Å². The van der Waals surface area contributed by atoms with E-state index in [1.54, 1.807) is 0 Å². The highest BCUT2D eigenvalue weighted by atomic mass is 28.4. The fourth-order valence-electron chi connectivity index (χ4n) is 2.38. The van der Waals surface area contributed by atoms with Gasteiger partial charge in [0.25, 0.3) is 0 Å². The van der Waals surface area contributed by atoms with E-state index in [0.29, 0.717) is 31.3 Å². The van der Waals surface area contributed by atoms with Crippen molar-refractivity contribution in [1.82, 2.24) is 0 Å². The third-order valence-electron chi connectivity index (χ3n) is 4.87. The maximum Gasteiger partial charge on any atom is 0.303 e. The van der Waals surface area contributed by atoms with Crippen molar-refractivity contribution >= 4 is 25.9 Å². The average Bonchev–Trinajstić information content (AvgIpc) is 2.72. The van der Waals surface area contributed by atoms with E-state index in [2.05, 4.69) is 33.9 Å². The van der Waals surface area contributed by atoms with Gasteiger partial charge in [0.1, 0.15) is 5.78 Å². The van der Waals surface area contributed by atoms with Crippen molar-refractivity contribution in [3.8, 4) is 0 Å². The molecule has 1 rings (SSSR count). The number of rotatable bonds is 9. The number of carbonyl (C=O) groups is 3. The van der Waals surface area contributed by atoms with Crippen molar-refractivity contribution in [1.29, 1.82) is 0 Å². The predicted octanol–water partition coefficient (Wildman–Crippen LogP) is 3.88. The minimum Gasteiger partial charge on any atom is -0.481 e. The Morgan fingerprint density at radius 1 is 1.25 bits per heavy atom. The molecule has 1 aliphatic rings. The number of hydrogen-bond acceptors (Lipinski definition) is 4. The Hall–Kier alpha value is -1.27. The monoisotopic (exact) mass is 354 g/mol. The zero-order chi connectivity index (χ0) is 18.5. The summed E-state index contributed by atoms with van der Waals surface area (Å²) < 4.78 is 6.24. The first-order valence-electron chi connectivity index (χ1n) is 8.57. The molecule has 0 aromatic carbocycles. The van der Waals surface area contributed by atoms with Crippen LogP contribution in [0.15, 0.2) is 11.6 Å². The molecular weight excluding hydrogens is 324 g/mol. The molecule has 0 aromatic rings. The molecule has 0 amide bonds. The van der Waals surface area contributed by atoms with Crippen molar-refractivity contribution in [2.45, 2.75) is 83.5 Å². The van der Waals surface area contributed by atoms with Crippen LogP contribution in [0.25, 0.3) is 0 Å². The zero-order valence-electron chi connectivity index (χ0n) is 15.5. The third kappa shape index (κ3) is 6.32. The summed E-state index contributed by atoms with van der Waals surface area (Å²) >= 11 is 0. The molecule has 5 nitrogen and oxygen atoms in total. The lowest BCUT2D eigenvalue weighted by Crippen LogP contribution is -2.43. The first-order valence-corrected chi connectivity index (χ1v) is 11.5. The Labute approximate surface area is 145 Å². The Kier molecular flexibility index (Phi) is 7.10. The topological polar surface area (TPSA) is 80.7 Å². The van der Waals surface area contributed by atoms with E-state index in [9.17, 15) is 14.4 Å². The second-order valence-corrected chi connectivity index (χ2v) is 12.8. The van der Waals surface area contributed by atoms with Gasteiger partial charge in [-0.15, -0.1) is 0 Å². The third-order valence-corrected chi connectivity index (χ3v) is 9.37. The summed E-state index contributed by atoms with van der Waals surface area (Å²) in [5.41, 5.74) is 0.557. The summed E-state index contributed by atoms with van der Waals surface area (Å²) in [6.07, 6.45) is 3.52. The lowest BCUT2D eigenvalue weighted by molar-refractivity contribution is -0.137. The second kappa shape index (κ2) is 8.21. The normalized spacial score (nSPS) is 18.6. The smallest absolute Gasteiger partial charge is 0.303 e. The molecule has 0 saturated carbocycles. The standard InChI is InChI=1S/C18H30O5Si/c1-18(2,3)24(4,5)23-15-11-13(16(20)12-15)10-14(19)8-6-7-9-17(21)22/h11,15H,6-10,12H2,1-5H3,(H,21,22)/t15-/m0/s1. The van der Waals surface area contributed by atoms with E-state index in [4.69, 9.17) is 9.53 Å². The Bertz CT molecular complexity index is 528. The quantitative estimate of drug-likeness (QED) is 0.502. The first kappa shape index (κ1) is 20.8. The molecule has 0 heterocycles. The molecule has 1 N–H and O–H groups in total. The Morgan fingerprint density at radius 3 is 2.38 bits per heavy atom. The van der Waals surface area contributed by atoms with Crippen LogP contribution in [0.2, 0.25) is 18.1 Å². The van der Waals surface area contributed by atoms with Gasteiger partial charge in [-0.25, -0.2) is 0 Å². The van der Waals surface area contributed by atoms with E-state index in [1.165, 1.54) is 0 Å². The maximum absolute atomic E-state index is 12.1. The van der Waals surface area contributed by atoms with E-state index >= 15 is 0 Å². The summed E-state index contributed by atoms with van der Waals surface area (Å²) in [7, 11) is -1.94. The molecule has 6 heteroatoms. The number of unbranched alkanes of at least 4 members (excludes halogenated alkanes) is 1. The van der Waals surface area contributed by atoms with Gasteiger partial charge in [0.2, 0.25) is 0 Å². The molecule has 0 unspecified atom stereocenters. The number of ketones is 2. The van der Waals surface area contributed by atoms with Crippen LogP contribution in [0.1, 0.15) is 59.3 Å². The number of allylic oxidation sites excluding steroid dienone is 1. The van der Waals surface area contributed by atoms with Crippen molar-refractivity contribution < 1.29 is 23.9 Å². The summed E-state index contributed by atoms with van der Waals surface area (Å²) in [4.78, 5) is 34.5. The van der Waals surface area contributed by atoms with E-state index < -0.39 is 14.3 Å². The highest BCUT2D eigenvalue weighted by Gasteiger charge is 2.40. The molecule has 0 saturated heterocycles. The first-order chi connectivity index (χ1) is 10.9. The molecule has 136 valence electrons. The van der Waals surface area contributed by atoms with Crippen LogP contribution < -0.4 is 0 Å². The zero-order valence-corrected chi connectivity index (χ0v) is 16.5. The SMILES string of the molecule is CC(C)(C)[Si](C)(C)O[C@H]1C=C(CC(=O)CCCCC(=O)O)C(=O)C1. The molecule has 0 bridgehead atoms. The van der Waals surface area contributed by atoms with Gasteiger partial charge in [-0.3, -0.25) is 14.4 Å². The van der Waals surface area contributed by atoms with E-state index in [-0.39, 0.29) is 35.6 Å². The molecule has 0 fully saturated rings. The molecule has 24 heavy (non-hydrogen) atoms. The van der Waals surface area contributed by atoms with Gasteiger partial charge in [0, 0.05) is 31.3 Å². The van der Waals surface area contributed by atoms with Crippen LogP contribution in [0.3, 0.4) is 0 Å². The highest BCUT2D eigenvalue weighted by Crippen LogP contribution is 2.38. The molecule has 0 aromatic heterocycles.